The first kappa shape index (κ1) is 16.0. The van der Waals surface area contributed by atoms with Crippen LogP contribution >= 0.6 is 0 Å². The Hall–Kier alpha value is -1.08. The van der Waals surface area contributed by atoms with Gasteiger partial charge in [0.25, 0.3) is 0 Å². The highest BCUT2D eigenvalue weighted by molar-refractivity contribution is 5.85. The fourth-order valence-corrected chi connectivity index (χ4v) is 2.93. The standard InChI is InChI=1S/C15H26N2O2/c1-4-8-15(12-16,9-5-2)14(18)17(3)13-6-10-19-11-7-13/h13H,4-11H2,1-3H3. The lowest BCUT2D eigenvalue weighted by Crippen LogP contribution is -2.48. The highest BCUT2D eigenvalue weighted by atomic mass is 16.5. The fourth-order valence-electron chi connectivity index (χ4n) is 2.93. The average molecular weight is 266 g/mol. The number of nitriles is 1. The zero-order valence-electron chi connectivity index (χ0n) is 12.4. The predicted octanol–water partition coefficient (Wildman–Crippen LogP) is 2.73. The van der Waals surface area contributed by atoms with Gasteiger partial charge in [0.05, 0.1) is 6.07 Å². The minimum Gasteiger partial charge on any atom is -0.381 e. The Morgan fingerprint density at radius 3 is 2.26 bits per heavy atom. The van der Waals surface area contributed by atoms with Gasteiger partial charge in [0.2, 0.25) is 5.91 Å². The van der Waals surface area contributed by atoms with E-state index in [-0.39, 0.29) is 11.9 Å². The number of ether oxygens (including phenoxy) is 1. The van der Waals surface area contributed by atoms with Crippen LogP contribution in [-0.4, -0.2) is 37.1 Å². The second kappa shape index (κ2) is 7.49. The molecule has 0 bridgehead atoms. The summed E-state index contributed by atoms with van der Waals surface area (Å²) < 4.78 is 5.33. The molecule has 1 fully saturated rings. The number of carbonyl (C=O) groups excluding carboxylic acids is 1. The van der Waals surface area contributed by atoms with Crippen molar-refractivity contribution in [3.05, 3.63) is 0 Å². The maximum Gasteiger partial charge on any atom is 0.243 e. The molecule has 4 heteroatoms. The van der Waals surface area contributed by atoms with Gasteiger partial charge in [-0.15, -0.1) is 0 Å². The number of amides is 1. The van der Waals surface area contributed by atoms with Crippen LogP contribution in [0.4, 0.5) is 0 Å². The Kier molecular flexibility index (Phi) is 6.30. The minimum absolute atomic E-state index is 0.00519. The van der Waals surface area contributed by atoms with E-state index in [9.17, 15) is 10.1 Å². The molecule has 0 saturated carbocycles. The molecule has 0 spiro atoms. The summed E-state index contributed by atoms with van der Waals surface area (Å²) >= 11 is 0. The van der Waals surface area contributed by atoms with Crippen LogP contribution in [0.3, 0.4) is 0 Å². The van der Waals surface area contributed by atoms with E-state index in [1.807, 2.05) is 20.9 Å². The molecule has 4 nitrogen and oxygen atoms in total. The van der Waals surface area contributed by atoms with Crippen molar-refractivity contribution in [2.24, 2.45) is 5.41 Å². The number of hydrogen-bond donors (Lipinski definition) is 0. The third-order valence-electron chi connectivity index (χ3n) is 4.04. The summed E-state index contributed by atoms with van der Waals surface area (Å²) in [7, 11) is 1.84. The third kappa shape index (κ3) is 3.70. The van der Waals surface area contributed by atoms with E-state index < -0.39 is 5.41 Å². The van der Waals surface area contributed by atoms with Crippen molar-refractivity contribution in [2.45, 2.75) is 58.4 Å². The van der Waals surface area contributed by atoms with Crippen LogP contribution in [0.5, 0.6) is 0 Å². The lowest BCUT2D eigenvalue weighted by molar-refractivity contribution is -0.142. The summed E-state index contributed by atoms with van der Waals surface area (Å²) in [5.41, 5.74) is -0.823. The number of hydrogen-bond acceptors (Lipinski definition) is 3. The zero-order valence-corrected chi connectivity index (χ0v) is 12.4. The Bertz CT molecular complexity index is 324. The topological polar surface area (TPSA) is 53.3 Å². The summed E-state index contributed by atoms with van der Waals surface area (Å²) in [4.78, 5) is 14.5. The van der Waals surface area contributed by atoms with E-state index in [1.54, 1.807) is 4.90 Å². The van der Waals surface area contributed by atoms with Crippen LogP contribution in [0.25, 0.3) is 0 Å². The van der Waals surface area contributed by atoms with Crippen LogP contribution in [0.15, 0.2) is 0 Å². The molecule has 1 aliphatic rings. The van der Waals surface area contributed by atoms with Gasteiger partial charge in [-0.2, -0.15) is 5.26 Å². The Labute approximate surface area is 116 Å². The first-order valence-electron chi connectivity index (χ1n) is 7.37. The smallest absolute Gasteiger partial charge is 0.243 e. The van der Waals surface area contributed by atoms with Gasteiger partial charge in [0.15, 0.2) is 0 Å². The first-order valence-corrected chi connectivity index (χ1v) is 7.37. The molecule has 108 valence electrons. The molecule has 1 amide bonds. The number of carbonyl (C=O) groups is 1. The molecule has 0 aromatic rings. The van der Waals surface area contributed by atoms with Gasteiger partial charge in [0.1, 0.15) is 5.41 Å². The molecular weight excluding hydrogens is 240 g/mol. The Balaban J connectivity index is 2.82. The lowest BCUT2D eigenvalue weighted by atomic mass is 9.79. The Morgan fingerprint density at radius 2 is 1.84 bits per heavy atom. The molecule has 1 aliphatic heterocycles. The molecule has 0 atom stereocenters. The molecule has 0 aromatic carbocycles. The maximum atomic E-state index is 12.7. The van der Waals surface area contributed by atoms with Crippen molar-refractivity contribution >= 4 is 5.91 Å². The summed E-state index contributed by atoms with van der Waals surface area (Å²) in [6.07, 6.45) is 4.79. The van der Waals surface area contributed by atoms with Gasteiger partial charge in [-0.3, -0.25) is 4.79 Å². The summed E-state index contributed by atoms with van der Waals surface area (Å²) in [6, 6.07) is 2.54. The van der Waals surface area contributed by atoms with E-state index in [1.165, 1.54) is 0 Å². The summed E-state index contributed by atoms with van der Waals surface area (Å²) in [5.74, 6) is 0.00519. The molecular formula is C15H26N2O2. The second-order valence-corrected chi connectivity index (χ2v) is 5.45. The predicted molar refractivity (Wildman–Crippen MR) is 74.5 cm³/mol. The quantitative estimate of drug-likeness (QED) is 0.742. The fraction of sp³-hybridized carbons (Fsp3) is 0.867. The molecule has 1 heterocycles. The zero-order chi connectivity index (χ0) is 14.3. The van der Waals surface area contributed by atoms with E-state index in [4.69, 9.17) is 4.74 Å². The van der Waals surface area contributed by atoms with Crippen LogP contribution in [0, 0.1) is 16.7 Å². The molecule has 19 heavy (non-hydrogen) atoms. The average Bonchev–Trinajstić information content (AvgIpc) is 2.46. The highest BCUT2D eigenvalue weighted by Crippen LogP contribution is 2.32. The summed E-state index contributed by atoms with van der Waals surface area (Å²) in [5, 5.41) is 9.53. The highest BCUT2D eigenvalue weighted by Gasteiger charge is 2.40. The van der Waals surface area contributed by atoms with E-state index >= 15 is 0 Å². The molecule has 0 aliphatic carbocycles. The SMILES string of the molecule is CCCC(C#N)(CCC)C(=O)N(C)C1CCOCC1. The molecule has 1 saturated heterocycles. The Morgan fingerprint density at radius 1 is 1.32 bits per heavy atom. The van der Waals surface area contributed by atoms with E-state index in [0.29, 0.717) is 26.1 Å². The van der Waals surface area contributed by atoms with Crippen LogP contribution in [-0.2, 0) is 9.53 Å². The normalized spacial score (nSPS) is 16.9. The van der Waals surface area contributed by atoms with Crippen LogP contribution < -0.4 is 0 Å². The van der Waals surface area contributed by atoms with Crippen molar-refractivity contribution < 1.29 is 9.53 Å². The van der Waals surface area contributed by atoms with Crippen molar-refractivity contribution in [2.75, 3.05) is 20.3 Å². The van der Waals surface area contributed by atoms with Crippen molar-refractivity contribution in [3.8, 4) is 6.07 Å². The molecule has 0 N–H and O–H groups in total. The number of rotatable bonds is 6. The van der Waals surface area contributed by atoms with Gasteiger partial charge in [-0.05, 0) is 25.7 Å². The van der Waals surface area contributed by atoms with Crippen LogP contribution in [0.1, 0.15) is 52.4 Å². The van der Waals surface area contributed by atoms with Gasteiger partial charge >= 0.3 is 0 Å². The van der Waals surface area contributed by atoms with E-state index in [2.05, 4.69) is 6.07 Å². The maximum absolute atomic E-state index is 12.7. The van der Waals surface area contributed by atoms with Crippen molar-refractivity contribution in [1.29, 1.82) is 5.26 Å². The lowest BCUT2D eigenvalue weighted by Gasteiger charge is -2.36. The van der Waals surface area contributed by atoms with E-state index in [0.717, 1.165) is 25.7 Å². The van der Waals surface area contributed by atoms with Gasteiger partial charge in [-0.1, -0.05) is 26.7 Å². The molecule has 1 rings (SSSR count). The summed E-state index contributed by atoms with van der Waals surface area (Å²) in [6.45, 7) is 5.49. The molecule has 0 radical (unpaired) electrons. The molecule has 0 aromatic heterocycles. The monoisotopic (exact) mass is 266 g/mol. The van der Waals surface area contributed by atoms with Gasteiger partial charge in [-0.25, -0.2) is 0 Å². The number of nitrogens with zero attached hydrogens (tertiary/aromatic N) is 2. The minimum atomic E-state index is -0.823. The van der Waals surface area contributed by atoms with Gasteiger partial charge in [0, 0.05) is 26.3 Å². The van der Waals surface area contributed by atoms with Crippen molar-refractivity contribution in [1.82, 2.24) is 4.90 Å². The largest absolute Gasteiger partial charge is 0.381 e. The van der Waals surface area contributed by atoms with Crippen LogP contribution in [0.2, 0.25) is 0 Å². The van der Waals surface area contributed by atoms with Gasteiger partial charge < -0.3 is 9.64 Å². The first-order chi connectivity index (χ1) is 9.11. The van der Waals surface area contributed by atoms with Crippen molar-refractivity contribution in [3.63, 3.8) is 0 Å². The third-order valence-corrected chi connectivity index (χ3v) is 4.04. The second-order valence-electron chi connectivity index (χ2n) is 5.45. The molecule has 0 unspecified atom stereocenters.